The fourth-order valence-corrected chi connectivity index (χ4v) is 1.83. The van der Waals surface area contributed by atoms with Crippen LogP contribution in [0.2, 0.25) is 0 Å². The van der Waals surface area contributed by atoms with E-state index in [1.165, 1.54) is 11.9 Å². The van der Waals surface area contributed by atoms with E-state index in [2.05, 4.69) is 40.8 Å². The first-order valence-corrected chi connectivity index (χ1v) is 6.05. The largest absolute Gasteiger partial charge is 0.384 e. The molecule has 2 aromatic rings. The summed E-state index contributed by atoms with van der Waals surface area (Å²) in [6, 6.07) is 12.5. The van der Waals surface area contributed by atoms with E-state index < -0.39 is 0 Å². The summed E-state index contributed by atoms with van der Waals surface area (Å²) in [5.41, 5.74) is 6.97. The van der Waals surface area contributed by atoms with Gasteiger partial charge in [0.1, 0.15) is 18.0 Å². The predicted molar refractivity (Wildman–Crippen MR) is 74.2 cm³/mol. The highest BCUT2D eigenvalue weighted by atomic mass is 15.2. The van der Waals surface area contributed by atoms with Crippen molar-refractivity contribution in [2.75, 3.05) is 10.6 Å². The molecule has 18 heavy (non-hydrogen) atoms. The molecular formula is C14H18N4. The summed E-state index contributed by atoms with van der Waals surface area (Å²) >= 11 is 0. The Bertz CT molecular complexity index is 496. The summed E-state index contributed by atoms with van der Waals surface area (Å²) in [5, 5.41) is 0. The zero-order valence-electron chi connectivity index (χ0n) is 10.7. The maximum atomic E-state index is 5.71. The van der Waals surface area contributed by atoms with Gasteiger partial charge in [0.15, 0.2) is 0 Å². The van der Waals surface area contributed by atoms with Gasteiger partial charge in [-0.1, -0.05) is 30.3 Å². The molecule has 1 heterocycles. The van der Waals surface area contributed by atoms with Crippen LogP contribution in [0.4, 0.5) is 11.6 Å². The quantitative estimate of drug-likeness (QED) is 0.894. The Balaban J connectivity index is 2.24. The highest BCUT2D eigenvalue weighted by Crippen LogP contribution is 2.18. The predicted octanol–water partition coefficient (Wildman–Crippen LogP) is 2.47. The molecule has 2 rings (SSSR count). The molecule has 0 spiro atoms. The lowest BCUT2D eigenvalue weighted by Gasteiger charge is -2.27. The lowest BCUT2D eigenvalue weighted by atomic mass is 10.2. The van der Waals surface area contributed by atoms with E-state index in [4.69, 9.17) is 5.73 Å². The molecule has 1 aromatic heterocycles. The summed E-state index contributed by atoms with van der Waals surface area (Å²) in [5.74, 6) is 1.36. The Kier molecular flexibility index (Phi) is 3.77. The van der Waals surface area contributed by atoms with E-state index in [1.54, 1.807) is 0 Å². The number of benzene rings is 1. The molecule has 0 aliphatic carbocycles. The molecule has 0 aliphatic rings. The number of rotatable bonds is 4. The van der Waals surface area contributed by atoms with E-state index in [0.29, 0.717) is 11.9 Å². The molecule has 0 bridgehead atoms. The highest BCUT2D eigenvalue weighted by molar-refractivity contribution is 5.47. The van der Waals surface area contributed by atoms with E-state index in [0.717, 1.165) is 12.4 Å². The second kappa shape index (κ2) is 5.49. The number of nitrogens with two attached hydrogens (primary N) is 1. The first-order valence-electron chi connectivity index (χ1n) is 6.05. The molecule has 0 amide bonds. The van der Waals surface area contributed by atoms with Crippen LogP contribution < -0.4 is 10.6 Å². The number of hydrogen-bond donors (Lipinski definition) is 1. The summed E-state index contributed by atoms with van der Waals surface area (Å²) in [6.45, 7) is 5.09. The first-order chi connectivity index (χ1) is 8.66. The zero-order valence-corrected chi connectivity index (χ0v) is 10.7. The minimum Gasteiger partial charge on any atom is -0.384 e. The highest BCUT2D eigenvalue weighted by Gasteiger charge is 2.12. The number of anilines is 2. The van der Waals surface area contributed by atoms with Crippen molar-refractivity contribution in [1.29, 1.82) is 0 Å². The van der Waals surface area contributed by atoms with Gasteiger partial charge < -0.3 is 10.6 Å². The van der Waals surface area contributed by atoms with Crippen molar-refractivity contribution in [2.45, 2.75) is 26.4 Å². The monoisotopic (exact) mass is 242 g/mol. The maximum absolute atomic E-state index is 5.71. The molecule has 1 aromatic carbocycles. The second-order valence-electron chi connectivity index (χ2n) is 4.51. The van der Waals surface area contributed by atoms with Crippen molar-refractivity contribution in [3.8, 4) is 0 Å². The third-order valence-corrected chi connectivity index (χ3v) is 2.79. The molecule has 0 radical (unpaired) electrons. The van der Waals surface area contributed by atoms with Crippen molar-refractivity contribution in [3.63, 3.8) is 0 Å². The van der Waals surface area contributed by atoms with E-state index >= 15 is 0 Å². The van der Waals surface area contributed by atoms with Crippen molar-refractivity contribution in [1.82, 2.24) is 9.97 Å². The standard InChI is InChI=1S/C14H18N4/c1-11(2)18(9-12-6-4-3-5-7-12)14-8-13(15)16-10-17-14/h3-8,10-11H,9H2,1-2H3,(H2,15,16,17). The average Bonchev–Trinajstić information content (AvgIpc) is 2.37. The van der Waals surface area contributed by atoms with Gasteiger partial charge in [0.25, 0.3) is 0 Å². The Morgan fingerprint density at radius 1 is 1.17 bits per heavy atom. The van der Waals surface area contributed by atoms with Gasteiger partial charge in [-0.2, -0.15) is 0 Å². The number of hydrogen-bond acceptors (Lipinski definition) is 4. The van der Waals surface area contributed by atoms with Gasteiger partial charge in [-0.3, -0.25) is 0 Å². The van der Waals surface area contributed by atoms with Crippen molar-refractivity contribution in [2.24, 2.45) is 0 Å². The lowest BCUT2D eigenvalue weighted by Crippen LogP contribution is -2.31. The molecule has 0 saturated carbocycles. The molecule has 2 N–H and O–H groups in total. The van der Waals surface area contributed by atoms with Crippen LogP contribution in [0, 0.1) is 0 Å². The van der Waals surface area contributed by atoms with Gasteiger partial charge in [0.05, 0.1) is 0 Å². The summed E-state index contributed by atoms with van der Waals surface area (Å²) < 4.78 is 0. The molecule has 94 valence electrons. The van der Waals surface area contributed by atoms with Crippen LogP contribution in [-0.4, -0.2) is 16.0 Å². The van der Waals surface area contributed by atoms with Crippen LogP contribution in [0.1, 0.15) is 19.4 Å². The minimum absolute atomic E-state index is 0.347. The normalized spacial score (nSPS) is 10.6. The Labute approximate surface area is 107 Å². The number of nitrogens with zero attached hydrogens (tertiary/aromatic N) is 3. The fourth-order valence-electron chi connectivity index (χ4n) is 1.83. The van der Waals surface area contributed by atoms with E-state index in [-0.39, 0.29) is 0 Å². The lowest BCUT2D eigenvalue weighted by molar-refractivity contribution is 0.671. The van der Waals surface area contributed by atoms with Crippen LogP contribution in [0.25, 0.3) is 0 Å². The topological polar surface area (TPSA) is 55.0 Å². The van der Waals surface area contributed by atoms with Crippen molar-refractivity contribution < 1.29 is 0 Å². The summed E-state index contributed by atoms with van der Waals surface area (Å²) in [4.78, 5) is 10.4. The van der Waals surface area contributed by atoms with Crippen LogP contribution in [0.5, 0.6) is 0 Å². The SMILES string of the molecule is CC(C)N(Cc1ccccc1)c1cc(N)ncn1. The smallest absolute Gasteiger partial charge is 0.134 e. The minimum atomic E-state index is 0.347. The van der Waals surface area contributed by atoms with Gasteiger partial charge >= 0.3 is 0 Å². The van der Waals surface area contributed by atoms with Crippen LogP contribution in [-0.2, 0) is 6.54 Å². The third-order valence-electron chi connectivity index (χ3n) is 2.79. The number of nitrogen functional groups attached to an aromatic ring is 1. The Hall–Kier alpha value is -2.10. The number of aromatic nitrogens is 2. The summed E-state index contributed by atoms with van der Waals surface area (Å²) in [6.07, 6.45) is 1.50. The van der Waals surface area contributed by atoms with Crippen LogP contribution in [0.3, 0.4) is 0 Å². The van der Waals surface area contributed by atoms with Crippen LogP contribution in [0.15, 0.2) is 42.7 Å². The van der Waals surface area contributed by atoms with Gasteiger partial charge in [-0.25, -0.2) is 9.97 Å². The zero-order chi connectivity index (χ0) is 13.0. The van der Waals surface area contributed by atoms with E-state index in [9.17, 15) is 0 Å². The fraction of sp³-hybridized carbons (Fsp3) is 0.286. The molecule has 0 fully saturated rings. The van der Waals surface area contributed by atoms with Gasteiger partial charge in [-0.05, 0) is 19.4 Å². The van der Waals surface area contributed by atoms with Gasteiger partial charge in [0, 0.05) is 18.7 Å². The molecule has 0 aliphatic heterocycles. The molecule has 0 saturated heterocycles. The Morgan fingerprint density at radius 3 is 2.50 bits per heavy atom. The Morgan fingerprint density at radius 2 is 1.89 bits per heavy atom. The molecule has 0 unspecified atom stereocenters. The van der Waals surface area contributed by atoms with Gasteiger partial charge in [-0.15, -0.1) is 0 Å². The van der Waals surface area contributed by atoms with Crippen molar-refractivity contribution in [3.05, 3.63) is 48.3 Å². The molecule has 0 atom stereocenters. The van der Waals surface area contributed by atoms with Crippen molar-refractivity contribution >= 4 is 11.6 Å². The third kappa shape index (κ3) is 2.97. The van der Waals surface area contributed by atoms with E-state index in [1.807, 2.05) is 24.3 Å². The maximum Gasteiger partial charge on any atom is 0.134 e. The first kappa shape index (κ1) is 12.4. The molecular weight excluding hydrogens is 224 g/mol. The van der Waals surface area contributed by atoms with Gasteiger partial charge in [0.2, 0.25) is 0 Å². The second-order valence-corrected chi connectivity index (χ2v) is 4.51. The molecule has 4 nitrogen and oxygen atoms in total. The molecule has 4 heteroatoms. The van der Waals surface area contributed by atoms with Crippen LogP contribution >= 0.6 is 0 Å². The summed E-state index contributed by atoms with van der Waals surface area (Å²) in [7, 11) is 0. The average molecular weight is 242 g/mol.